The van der Waals surface area contributed by atoms with Gasteiger partial charge in [-0.15, -0.1) is 0 Å². The maximum Gasteiger partial charge on any atom is 0.188 e. The van der Waals surface area contributed by atoms with Crippen LogP contribution in [0, 0.1) is 0 Å². The van der Waals surface area contributed by atoms with Gasteiger partial charge >= 0.3 is 0 Å². The summed E-state index contributed by atoms with van der Waals surface area (Å²) in [6, 6.07) is 0.134. The summed E-state index contributed by atoms with van der Waals surface area (Å²) in [5, 5.41) is 12.8. The lowest BCUT2D eigenvalue weighted by Gasteiger charge is -2.35. The van der Waals surface area contributed by atoms with E-state index in [0.29, 0.717) is 19.1 Å². The van der Waals surface area contributed by atoms with Crippen molar-refractivity contribution in [3.63, 3.8) is 0 Å². The van der Waals surface area contributed by atoms with Gasteiger partial charge in [-0.3, -0.25) is 4.99 Å². The number of hydrogen-bond acceptors (Lipinski definition) is 3. The summed E-state index contributed by atoms with van der Waals surface area (Å²) in [6.45, 7) is 2.94. The summed E-state index contributed by atoms with van der Waals surface area (Å²) in [4.78, 5) is 4.12. The molecule has 0 aromatic carbocycles. The largest absolute Gasteiger partial charge is 0.388 e. The molecule has 0 aromatic rings. The number of methoxy groups -OCH3 is 1. The molecule has 0 aromatic heterocycles. The minimum Gasteiger partial charge on any atom is -0.388 e. The van der Waals surface area contributed by atoms with Crippen molar-refractivity contribution in [3.8, 4) is 0 Å². The predicted octanol–water partition coefficient (Wildman–Crippen LogP) is -0.159. The zero-order valence-corrected chi connectivity index (χ0v) is 9.49. The molecule has 1 atom stereocenters. The van der Waals surface area contributed by atoms with Crippen LogP contribution in [0.4, 0.5) is 0 Å². The number of rotatable bonds is 5. The Balaban J connectivity index is 2.26. The third-order valence-corrected chi connectivity index (χ3v) is 2.64. The Kier molecular flexibility index (Phi) is 4.35. The quantitative estimate of drug-likeness (QED) is 0.440. The number of ether oxygens (including phenoxy) is 1. The van der Waals surface area contributed by atoms with Crippen molar-refractivity contribution in [1.82, 2.24) is 5.32 Å². The van der Waals surface area contributed by atoms with E-state index in [1.165, 1.54) is 0 Å². The van der Waals surface area contributed by atoms with E-state index in [9.17, 15) is 5.11 Å². The average Bonchev–Trinajstić information content (AvgIpc) is 2.12. The van der Waals surface area contributed by atoms with Crippen molar-refractivity contribution >= 4 is 5.96 Å². The molecule has 1 rings (SSSR count). The maximum atomic E-state index is 9.78. The molecule has 1 aliphatic rings. The molecule has 1 saturated carbocycles. The first-order valence-corrected chi connectivity index (χ1v) is 5.33. The van der Waals surface area contributed by atoms with Crippen LogP contribution in [0.3, 0.4) is 0 Å². The van der Waals surface area contributed by atoms with Crippen molar-refractivity contribution in [2.45, 2.75) is 37.8 Å². The van der Waals surface area contributed by atoms with Gasteiger partial charge in [-0.25, -0.2) is 0 Å². The fraction of sp³-hybridized carbons (Fsp3) is 0.900. The lowest BCUT2D eigenvalue weighted by atomic mass is 9.80. The van der Waals surface area contributed by atoms with Gasteiger partial charge in [0.25, 0.3) is 0 Å². The highest BCUT2D eigenvalue weighted by atomic mass is 16.5. The number of aliphatic imine (C=N–C) groups is 1. The molecule has 0 bridgehead atoms. The summed E-state index contributed by atoms with van der Waals surface area (Å²) < 4.78 is 4.96. The molecule has 0 amide bonds. The summed E-state index contributed by atoms with van der Waals surface area (Å²) in [7, 11) is 1.64. The van der Waals surface area contributed by atoms with E-state index in [0.717, 1.165) is 19.3 Å². The zero-order chi connectivity index (χ0) is 11.3. The van der Waals surface area contributed by atoms with Crippen molar-refractivity contribution in [2.24, 2.45) is 10.7 Å². The molecule has 0 radical (unpaired) electrons. The van der Waals surface area contributed by atoms with Crippen LogP contribution in [-0.2, 0) is 4.74 Å². The number of nitrogens with one attached hydrogen (secondary N) is 1. The minimum atomic E-state index is -0.600. The Morgan fingerprint density at radius 1 is 1.67 bits per heavy atom. The van der Waals surface area contributed by atoms with E-state index < -0.39 is 5.60 Å². The molecule has 4 N–H and O–H groups in total. The molecule has 0 aliphatic heterocycles. The van der Waals surface area contributed by atoms with Gasteiger partial charge in [0, 0.05) is 13.2 Å². The molecule has 0 spiro atoms. The molecule has 5 heteroatoms. The Labute approximate surface area is 90.7 Å². The van der Waals surface area contributed by atoms with Crippen molar-refractivity contribution in [2.75, 3.05) is 20.3 Å². The smallest absolute Gasteiger partial charge is 0.188 e. The first-order chi connectivity index (χ1) is 7.06. The number of nitrogens with zero attached hydrogens (tertiary/aromatic N) is 1. The first-order valence-electron chi connectivity index (χ1n) is 5.33. The molecule has 1 unspecified atom stereocenters. The standard InChI is InChI=1S/C10H21N3O2/c1-8(6-15-2)13-9(11)12-7-10(14)4-3-5-10/h8,14H,3-7H2,1-2H3,(H3,11,12,13). The Bertz CT molecular complexity index is 227. The fourth-order valence-electron chi connectivity index (χ4n) is 1.57. The lowest BCUT2D eigenvalue weighted by molar-refractivity contribution is -0.0236. The summed E-state index contributed by atoms with van der Waals surface area (Å²) in [5.41, 5.74) is 5.06. The Morgan fingerprint density at radius 3 is 2.80 bits per heavy atom. The second-order valence-corrected chi connectivity index (χ2v) is 4.28. The van der Waals surface area contributed by atoms with Gasteiger partial charge in [-0.1, -0.05) is 0 Å². The van der Waals surface area contributed by atoms with E-state index in [1.807, 2.05) is 6.92 Å². The topological polar surface area (TPSA) is 79.9 Å². The maximum absolute atomic E-state index is 9.78. The highest BCUT2D eigenvalue weighted by Gasteiger charge is 2.33. The third-order valence-electron chi connectivity index (χ3n) is 2.64. The van der Waals surface area contributed by atoms with Crippen molar-refractivity contribution < 1.29 is 9.84 Å². The van der Waals surface area contributed by atoms with Gasteiger partial charge < -0.3 is 20.9 Å². The zero-order valence-electron chi connectivity index (χ0n) is 9.49. The SMILES string of the molecule is COCC(C)NC(N)=NCC1(O)CCC1. The van der Waals surface area contributed by atoms with Gasteiger partial charge in [-0.05, 0) is 26.2 Å². The second-order valence-electron chi connectivity index (χ2n) is 4.28. The molecule has 5 nitrogen and oxygen atoms in total. The van der Waals surface area contributed by atoms with E-state index in [-0.39, 0.29) is 6.04 Å². The monoisotopic (exact) mass is 215 g/mol. The average molecular weight is 215 g/mol. The minimum absolute atomic E-state index is 0.134. The number of guanidine groups is 1. The molecule has 1 fully saturated rings. The molecule has 88 valence electrons. The number of aliphatic hydroxyl groups is 1. The van der Waals surface area contributed by atoms with Crippen LogP contribution in [0.15, 0.2) is 4.99 Å². The first kappa shape index (κ1) is 12.3. The van der Waals surface area contributed by atoms with Crippen LogP contribution in [0.5, 0.6) is 0 Å². The van der Waals surface area contributed by atoms with Crippen LogP contribution in [-0.4, -0.2) is 43.0 Å². The summed E-state index contributed by atoms with van der Waals surface area (Å²) in [6.07, 6.45) is 2.74. The van der Waals surface area contributed by atoms with Crippen LogP contribution >= 0.6 is 0 Å². The third kappa shape index (κ3) is 4.05. The highest BCUT2D eigenvalue weighted by Crippen LogP contribution is 2.31. The second kappa shape index (κ2) is 5.32. The highest BCUT2D eigenvalue weighted by molar-refractivity contribution is 5.78. The number of nitrogens with two attached hydrogens (primary N) is 1. The van der Waals surface area contributed by atoms with Gasteiger partial charge in [0.2, 0.25) is 0 Å². The fourth-order valence-corrected chi connectivity index (χ4v) is 1.57. The van der Waals surface area contributed by atoms with E-state index >= 15 is 0 Å². The molecular formula is C10H21N3O2. The normalized spacial score (nSPS) is 21.9. The molecule has 15 heavy (non-hydrogen) atoms. The Hall–Kier alpha value is -0.810. The van der Waals surface area contributed by atoms with Crippen molar-refractivity contribution in [3.05, 3.63) is 0 Å². The number of hydrogen-bond donors (Lipinski definition) is 3. The summed E-state index contributed by atoms with van der Waals surface area (Å²) in [5.74, 6) is 0.375. The lowest BCUT2D eigenvalue weighted by Crippen LogP contribution is -2.44. The van der Waals surface area contributed by atoms with E-state index in [4.69, 9.17) is 10.5 Å². The van der Waals surface area contributed by atoms with Crippen molar-refractivity contribution in [1.29, 1.82) is 0 Å². The van der Waals surface area contributed by atoms with Gasteiger partial charge in [0.1, 0.15) is 0 Å². The predicted molar refractivity (Wildman–Crippen MR) is 59.8 cm³/mol. The molecule has 0 heterocycles. The van der Waals surface area contributed by atoms with E-state index in [2.05, 4.69) is 10.3 Å². The Morgan fingerprint density at radius 2 is 2.33 bits per heavy atom. The molecule has 0 saturated heterocycles. The van der Waals surface area contributed by atoms with Crippen LogP contribution < -0.4 is 11.1 Å². The van der Waals surface area contributed by atoms with Crippen LogP contribution in [0.1, 0.15) is 26.2 Å². The molecule has 1 aliphatic carbocycles. The van der Waals surface area contributed by atoms with E-state index in [1.54, 1.807) is 7.11 Å². The van der Waals surface area contributed by atoms with Gasteiger partial charge in [0.15, 0.2) is 5.96 Å². The van der Waals surface area contributed by atoms with Crippen LogP contribution in [0.2, 0.25) is 0 Å². The summed E-state index contributed by atoms with van der Waals surface area (Å²) >= 11 is 0. The van der Waals surface area contributed by atoms with Gasteiger partial charge in [-0.2, -0.15) is 0 Å². The van der Waals surface area contributed by atoms with Crippen LogP contribution in [0.25, 0.3) is 0 Å². The van der Waals surface area contributed by atoms with Gasteiger partial charge in [0.05, 0.1) is 18.8 Å². The molecular weight excluding hydrogens is 194 g/mol.